The van der Waals surface area contributed by atoms with Gasteiger partial charge in [0, 0.05) is 74.0 Å². The van der Waals surface area contributed by atoms with Gasteiger partial charge in [-0.3, -0.25) is 4.98 Å². The number of nitrogens with zero attached hydrogens (tertiary/aromatic N) is 5. The van der Waals surface area contributed by atoms with E-state index in [1.807, 2.05) is 30.3 Å². The molecular weight excluding hydrogens is 426 g/mol. The van der Waals surface area contributed by atoms with Crippen molar-refractivity contribution in [1.82, 2.24) is 15.3 Å². The van der Waals surface area contributed by atoms with Gasteiger partial charge in [0.1, 0.15) is 11.9 Å². The van der Waals surface area contributed by atoms with Crippen molar-refractivity contribution in [1.29, 1.82) is 5.26 Å². The van der Waals surface area contributed by atoms with Crippen LogP contribution in [0.5, 0.6) is 0 Å². The van der Waals surface area contributed by atoms with Crippen LogP contribution in [0.3, 0.4) is 0 Å². The summed E-state index contributed by atoms with van der Waals surface area (Å²) >= 11 is 0. The molecule has 0 bridgehead atoms. The number of rotatable bonds is 5. The Hall–Kier alpha value is -3.41. The number of benzene rings is 1. The molecule has 0 saturated carbocycles. The number of nitrogens with one attached hydrogen (secondary N) is 1. The third-order valence-corrected chi connectivity index (χ3v) is 6.79. The Morgan fingerprint density at radius 1 is 1.12 bits per heavy atom. The maximum absolute atomic E-state index is 9.46. The number of morpholine rings is 1. The lowest BCUT2D eigenvalue weighted by Crippen LogP contribution is -2.52. The minimum absolute atomic E-state index is 0.101. The number of nitrogen functional groups attached to an aromatic ring is 1. The first-order valence-corrected chi connectivity index (χ1v) is 12.0. The van der Waals surface area contributed by atoms with Crippen molar-refractivity contribution in [2.45, 2.75) is 38.0 Å². The highest BCUT2D eigenvalue weighted by atomic mass is 16.5. The lowest BCUT2D eigenvalue weighted by Gasteiger charge is -2.40. The zero-order valence-corrected chi connectivity index (χ0v) is 19.5. The van der Waals surface area contributed by atoms with Crippen LogP contribution >= 0.6 is 0 Å². The Morgan fingerprint density at radius 2 is 1.97 bits per heavy atom. The van der Waals surface area contributed by atoms with E-state index in [0.717, 1.165) is 67.8 Å². The van der Waals surface area contributed by atoms with Gasteiger partial charge in [0.05, 0.1) is 23.3 Å². The minimum Gasteiger partial charge on any atom is -0.384 e. The number of hydrogen-bond donors (Lipinski definition) is 2. The second-order valence-electron chi connectivity index (χ2n) is 9.23. The molecule has 2 fully saturated rings. The molecule has 5 rings (SSSR count). The van der Waals surface area contributed by atoms with Crippen molar-refractivity contribution in [2.75, 3.05) is 48.3 Å². The monoisotopic (exact) mass is 457 g/mol. The first kappa shape index (κ1) is 22.4. The fourth-order valence-corrected chi connectivity index (χ4v) is 5.15. The van der Waals surface area contributed by atoms with Gasteiger partial charge in [-0.05, 0) is 50.1 Å². The predicted octanol–water partition coefficient (Wildman–Crippen LogP) is 2.94. The van der Waals surface area contributed by atoms with Gasteiger partial charge in [-0.2, -0.15) is 5.26 Å². The standard InChI is InChI=1S/C26H31N7O/c1-18-16-33(24-5-4-19(14-27)26-23(24)3-2-9-30-26)17-22(34-18)15-31-20-7-11-32(12-8-20)21-6-10-29-25(28)13-21/h2-6,9-10,13,18,20,22,31H,7-8,11-12,15-17H2,1H3,(H2,28,29). The lowest BCUT2D eigenvalue weighted by atomic mass is 10.0. The topological polar surface area (TPSA) is 103 Å². The van der Waals surface area contributed by atoms with E-state index in [4.69, 9.17) is 10.5 Å². The molecule has 0 amide bonds. The first-order valence-electron chi connectivity index (χ1n) is 12.0. The van der Waals surface area contributed by atoms with Gasteiger partial charge < -0.3 is 25.6 Å². The van der Waals surface area contributed by atoms with E-state index >= 15 is 0 Å². The maximum Gasteiger partial charge on any atom is 0.125 e. The molecule has 0 spiro atoms. The fourth-order valence-electron chi connectivity index (χ4n) is 5.15. The second-order valence-corrected chi connectivity index (χ2v) is 9.23. The van der Waals surface area contributed by atoms with Crippen LogP contribution in [0.4, 0.5) is 17.2 Å². The van der Waals surface area contributed by atoms with Crippen LogP contribution in [-0.4, -0.2) is 60.9 Å². The molecule has 3 aromatic rings. The van der Waals surface area contributed by atoms with Crippen LogP contribution in [0, 0.1) is 11.3 Å². The van der Waals surface area contributed by atoms with Crippen LogP contribution in [0.1, 0.15) is 25.3 Å². The Kier molecular flexibility index (Phi) is 6.48. The Bertz CT molecular complexity index is 1190. The summed E-state index contributed by atoms with van der Waals surface area (Å²) in [7, 11) is 0. The van der Waals surface area contributed by atoms with Crippen molar-refractivity contribution in [2.24, 2.45) is 0 Å². The summed E-state index contributed by atoms with van der Waals surface area (Å²) in [5.41, 5.74) is 9.49. The molecule has 4 heterocycles. The van der Waals surface area contributed by atoms with Crippen LogP contribution in [0.2, 0.25) is 0 Å². The largest absolute Gasteiger partial charge is 0.384 e. The predicted molar refractivity (Wildman–Crippen MR) is 135 cm³/mol. The van der Waals surface area contributed by atoms with Gasteiger partial charge >= 0.3 is 0 Å². The molecule has 2 aliphatic rings. The summed E-state index contributed by atoms with van der Waals surface area (Å²) in [6.45, 7) is 6.57. The lowest BCUT2D eigenvalue weighted by molar-refractivity contribution is -0.0161. The van der Waals surface area contributed by atoms with E-state index in [0.29, 0.717) is 17.4 Å². The van der Waals surface area contributed by atoms with Crippen molar-refractivity contribution in [3.05, 3.63) is 54.4 Å². The SMILES string of the molecule is CC1CN(c2ccc(C#N)c3ncccc23)CC(CNC2CCN(c3ccnc(N)c3)CC2)O1. The highest BCUT2D eigenvalue weighted by Crippen LogP contribution is 2.30. The number of anilines is 3. The summed E-state index contributed by atoms with van der Waals surface area (Å²) in [6.07, 6.45) is 5.91. The summed E-state index contributed by atoms with van der Waals surface area (Å²) < 4.78 is 6.29. The quantitative estimate of drug-likeness (QED) is 0.603. The highest BCUT2D eigenvalue weighted by molar-refractivity contribution is 5.95. The van der Waals surface area contributed by atoms with Gasteiger partial charge in [-0.15, -0.1) is 0 Å². The van der Waals surface area contributed by atoms with Crippen molar-refractivity contribution in [3.63, 3.8) is 0 Å². The Labute approximate surface area is 200 Å². The molecule has 34 heavy (non-hydrogen) atoms. The number of piperidine rings is 1. The van der Waals surface area contributed by atoms with Gasteiger partial charge in [-0.25, -0.2) is 4.98 Å². The molecule has 8 heteroatoms. The smallest absolute Gasteiger partial charge is 0.125 e. The summed E-state index contributed by atoms with van der Waals surface area (Å²) in [5.74, 6) is 0.566. The molecule has 2 aliphatic heterocycles. The van der Waals surface area contributed by atoms with Crippen molar-refractivity contribution >= 4 is 28.1 Å². The molecule has 2 aromatic heterocycles. The summed E-state index contributed by atoms with van der Waals surface area (Å²) in [4.78, 5) is 13.3. The average Bonchev–Trinajstić information content (AvgIpc) is 2.87. The van der Waals surface area contributed by atoms with Gasteiger partial charge in [0.15, 0.2) is 0 Å². The molecule has 3 N–H and O–H groups in total. The van der Waals surface area contributed by atoms with Crippen molar-refractivity contribution < 1.29 is 4.74 Å². The Balaban J connectivity index is 1.20. The van der Waals surface area contributed by atoms with Crippen LogP contribution < -0.4 is 20.9 Å². The van der Waals surface area contributed by atoms with Crippen molar-refractivity contribution in [3.8, 4) is 6.07 Å². The third-order valence-electron chi connectivity index (χ3n) is 6.79. The minimum atomic E-state index is 0.101. The van der Waals surface area contributed by atoms with E-state index in [1.165, 1.54) is 0 Å². The zero-order valence-electron chi connectivity index (χ0n) is 19.5. The van der Waals surface area contributed by atoms with E-state index < -0.39 is 0 Å². The number of nitrogens with two attached hydrogens (primary N) is 1. The summed E-state index contributed by atoms with van der Waals surface area (Å²) in [6, 6.07) is 14.6. The number of hydrogen-bond acceptors (Lipinski definition) is 8. The van der Waals surface area contributed by atoms with Gasteiger partial charge in [-0.1, -0.05) is 0 Å². The average molecular weight is 458 g/mol. The third kappa shape index (κ3) is 4.76. The van der Waals surface area contributed by atoms with Crippen LogP contribution in [-0.2, 0) is 4.74 Å². The van der Waals surface area contributed by atoms with Gasteiger partial charge in [0.25, 0.3) is 0 Å². The fraction of sp³-hybridized carbons (Fsp3) is 0.423. The molecular formula is C26H31N7O. The summed E-state index contributed by atoms with van der Waals surface area (Å²) in [5, 5.41) is 14.2. The molecule has 1 aromatic carbocycles. The highest BCUT2D eigenvalue weighted by Gasteiger charge is 2.28. The van der Waals surface area contributed by atoms with E-state index in [9.17, 15) is 5.26 Å². The normalized spacial score (nSPS) is 21.5. The number of pyridine rings is 2. The molecule has 2 atom stereocenters. The maximum atomic E-state index is 9.46. The van der Waals surface area contributed by atoms with Gasteiger partial charge in [0.2, 0.25) is 0 Å². The number of fused-ring (bicyclic) bond motifs is 1. The van der Waals surface area contributed by atoms with Crippen LogP contribution in [0.25, 0.3) is 10.9 Å². The van der Waals surface area contributed by atoms with E-state index in [1.54, 1.807) is 12.4 Å². The number of aromatic nitrogens is 2. The first-order chi connectivity index (χ1) is 16.6. The zero-order chi connectivity index (χ0) is 23.5. The van der Waals surface area contributed by atoms with Crippen LogP contribution in [0.15, 0.2) is 48.8 Å². The molecule has 2 saturated heterocycles. The van der Waals surface area contributed by atoms with E-state index in [-0.39, 0.29) is 12.2 Å². The molecule has 176 valence electrons. The van der Waals surface area contributed by atoms with E-state index in [2.05, 4.69) is 44.1 Å². The molecule has 0 aliphatic carbocycles. The number of nitriles is 1. The Morgan fingerprint density at radius 3 is 2.76 bits per heavy atom. The second kappa shape index (κ2) is 9.84. The molecule has 2 unspecified atom stereocenters. The number of ether oxygens (including phenoxy) is 1. The molecule has 0 radical (unpaired) electrons. The molecule has 8 nitrogen and oxygen atoms in total.